The summed E-state index contributed by atoms with van der Waals surface area (Å²) in [5.74, 6) is 0.681. The van der Waals surface area contributed by atoms with Gasteiger partial charge in [0.05, 0.1) is 4.34 Å². The van der Waals surface area contributed by atoms with E-state index in [-0.39, 0.29) is 0 Å². The molecular weight excluding hydrogens is 249 g/mol. The molecule has 1 aliphatic heterocycles. The molecule has 1 saturated heterocycles. The van der Waals surface area contributed by atoms with Crippen molar-refractivity contribution < 1.29 is 0 Å². The Morgan fingerprint density at radius 3 is 2.67 bits per heavy atom. The van der Waals surface area contributed by atoms with E-state index < -0.39 is 0 Å². The van der Waals surface area contributed by atoms with Crippen LogP contribution in [-0.4, -0.2) is 13.1 Å². The van der Waals surface area contributed by atoms with Gasteiger partial charge in [-0.05, 0) is 37.9 Å². The lowest BCUT2D eigenvalue weighted by Crippen LogP contribution is -2.26. The van der Waals surface area contributed by atoms with Crippen LogP contribution in [0.3, 0.4) is 0 Å². The molecule has 1 aromatic rings. The number of hydrogen-bond donors (Lipinski definition) is 1. The summed E-state index contributed by atoms with van der Waals surface area (Å²) >= 11 is 13.3. The zero-order chi connectivity index (χ0) is 10.7. The maximum atomic E-state index is 6.03. The summed E-state index contributed by atoms with van der Waals surface area (Å²) in [4.78, 5) is 0. The van der Waals surface area contributed by atoms with E-state index in [1.54, 1.807) is 0 Å². The van der Waals surface area contributed by atoms with Crippen LogP contribution in [0.4, 0.5) is 0 Å². The van der Waals surface area contributed by atoms with Crippen LogP contribution in [0.15, 0.2) is 12.1 Å². The second kappa shape index (κ2) is 5.35. The molecule has 0 saturated carbocycles. The first kappa shape index (κ1) is 11.5. The molecule has 1 aliphatic rings. The van der Waals surface area contributed by atoms with Crippen molar-refractivity contribution in [3.8, 4) is 0 Å². The van der Waals surface area contributed by atoms with Gasteiger partial charge in [0.2, 0.25) is 0 Å². The third-order valence-electron chi connectivity index (χ3n) is 2.61. The molecule has 2 rings (SSSR count). The molecule has 82 valence electrons. The minimum absolute atomic E-state index is 0.681. The van der Waals surface area contributed by atoms with Gasteiger partial charge in [-0.2, -0.15) is 0 Å². The van der Waals surface area contributed by atoms with Gasteiger partial charge in [-0.15, -0.1) is 11.3 Å². The van der Waals surface area contributed by atoms with Gasteiger partial charge in [0.15, 0.2) is 0 Å². The predicted molar refractivity (Wildman–Crippen MR) is 69.0 cm³/mol. The number of nitrogens with one attached hydrogen (secondary N) is 1. The number of allylic oxidation sites excluding steroid dienone is 1. The molecule has 0 atom stereocenters. The molecule has 0 spiro atoms. The van der Waals surface area contributed by atoms with Crippen molar-refractivity contribution in [2.45, 2.75) is 12.8 Å². The van der Waals surface area contributed by atoms with Crippen molar-refractivity contribution in [1.29, 1.82) is 0 Å². The third-order valence-corrected chi connectivity index (χ3v) is 4.13. The molecular formula is C11H13Cl2NS. The van der Waals surface area contributed by atoms with Crippen LogP contribution in [0.2, 0.25) is 8.67 Å². The first-order chi connectivity index (χ1) is 7.25. The van der Waals surface area contributed by atoms with Crippen molar-refractivity contribution >= 4 is 40.6 Å². The lowest BCUT2D eigenvalue weighted by molar-refractivity contribution is 0.438. The van der Waals surface area contributed by atoms with Gasteiger partial charge >= 0.3 is 0 Å². The highest BCUT2D eigenvalue weighted by atomic mass is 35.5. The van der Waals surface area contributed by atoms with Crippen molar-refractivity contribution in [2.75, 3.05) is 13.1 Å². The van der Waals surface area contributed by atoms with Crippen LogP contribution in [0.25, 0.3) is 6.08 Å². The van der Waals surface area contributed by atoms with Gasteiger partial charge in [-0.1, -0.05) is 35.4 Å². The molecule has 2 heterocycles. The molecule has 1 nitrogen and oxygen atoms in total. The first-order valence-electron chi connectivity index (χ1n) is 5.09. The summed E-state index contributed by atoms with van der Waals surface area (Å²) in [5, 5.41) is 3.35. The molecule has 0 unspecified atom stereocenters. The van der Waals surface area contributed by atoms with E-state index in [0.717, 1.165) is 27.3 Å². The van der Waals surface area contributed by atoms with Crippen molar-refractivity contribution in [1.82, 2.24) is 5.32 Å². The number of rotatable bonds is 2. The lowest BCUT2D eigenvalue weighted by Gasteiger charge is -2.19. The topological polar surface area (TPSA) is 12.0 Å². The van der Waals surface area contributed by atoms with Gasteiger partial charge in [0, 0.05) is 5.56 Å². The zero-order valence-corrected chi connectivity index (χ0v) is 10.6. The fourth-order valence-corrected chi connectivity index (χ4v) is 3.18. The van der Waals surface area contributed by atoms with E-state index in [4.69, 9.17) is 23.2 Å². The van der Waals surface area contributed by atoms with Crippen LogP contribution in [0.5, 0.6) is 0 Å². The highest BCUT2D eigenvalue weighted by Crippen LogP contribution is 2.32. The summed E-state index contributed by atoms with van der Waals surface area (Å²) in [6.45, 7) is 2.24. The standard InChI is InChI=1S/C11H13Cl2NS/c12-10-7-9(11(13)15-10)2-1-8-3-5-14-6-4-8/h1-2,7-8,14H,3-6H2. The quantitative estimate of drug-likeness (QED) is 0.847. The Balaban J connectivity index is 2.00. The summed E-state index contributed by atoms with van der Waals surface area (Å²) in [5.41, 5.74) is 1.05. The smallest absolute Gasteiger partial charge is 0.102 e. The SMILES string of the molecule is Clc1cc(C=CC2CCNCC2)c(Cl)s1. The second-order valence-electron chi connectivity index (χ2n) is 3.73. The van der Waals surface area contributed by atoms with Crippen LogP contribution in [0, 0.1) is 5.92 Å². The average Bonchev–Trinajstić information content (AvgIpc) is 2.56. The van der Waals surface area contributed by atoms with E-state index in [9.17, 15) is 0 Å². The van der Waals surface area contributed by atoms with Crippen molar-refractivity contribution in [3.63, 3.8) is 0 Å². The van der Waals surface area contributed by atoms with Crippen LogP contribution < -0.4 is 5.32 Å². The van der Waals surface area contributed by atoms with Crippen molar-refractivity contribution in [2.24, 2.45) is 5.92 Å². The highest BCUT2D eigenvalue weighted by Gasteiger charge is 2.09. The van der Waals surface area contributed by atoms with Gasteiger partial charge in [-0.25, -0.2) is 0 Å². The van der Waals surface area contributed by atoms with Crippen LogP contribution >= 0.6 is 34.5 Å². The normalized spacial score (nSPS) is 18.8. The van der Waals surface area contributed by atoms with Gasteiger partial charge in [0.25, 0.3) is 0 Å². The van der Waals surface area contributed by atoms with E-state index in [0.29, 0.717) is 5.92 Å². The summed E-state index contributed by atoms with van der Waals surface area (Å²) in [6, 6.07) is 1.92. The van der Waals surface area contributed by atoms with Crippen LogP contribution in [-0.2, 0) is 0 Å². The number of piperidine rings is 1. The Kier molecular flexibility index (Phi) is 4.09. The van der Waals surface area contributed by atoms with Crippen molar-refractivity contribution in [3.05, 3.63) is 26.4 Å². The average molecular weight is 262 g/mol. The van der Waals surface area contributed by atoms with Gasteiger partial charge in [0.1, 0.15) is 4.34 Å². The minimum atomic E-state index is 0.681. The molecule has 1 N–H and O–H groups in total. The Hall–Kier alpha value is -0.0200. The largest absolute Gasteiger partial charge is 0.317 e. The van der Waals surface area contributed by atoms with E-state index in [1.807, 2.05) is 6.07 Å². The highest BCUT2D eigenvalue weighted by molar-refractivity contribution is 7.20. The maximum Gasteiger partial charge on any atom is 0.102 e. The summed E-state index contributed by atoms with van der Waals surface area (Å²) in [6.07, 6.45) is 6.78. The van der Waals surface area contributed by atoms with Gasteiger partial charge < -0.3 is 5.32 Å². The molecule has 1 aromatic heterocycles. The van der Waals surface area contributed by atoms with Gasteiger partial charge in [-0.3, -0.25) is 0 Å². The predicted octanol–water partition coefficient (Wildman–Crippen LogP) is 4.07. The first-order valence-corrected chi connectivity index (χ1v) is 6.66. The molecule has 0 bridgehead atoms. The molecule has 0 amide bonds. The molecule has 4 heteroatoms. The molecule has 0 aromatic carbocycles. The lowest BCUT2D eigenvalue weighted by atomic mass is 9.97. The molecule has 1 fully saturated rings. The molecule has 15 heavy (non-hydrogen) atoms. The molecule has 0 radical (unpaired) electrons. The Bertz CT molecular complexity index is 353. The van der Waals surface area contributed by atoms with E-state index >= 15 is 0 Å². The fourth-order valence-electron chi connectivity index (χ4n) is 1.74. The summed E-state index contributed by atoms with van der Waals surface area (Å²) in [7, 11) is 0. The maximum absolute atomic E-state index is 6.03. The van der Waals surface area contributed by atoms with Crippen LogP contribution in [0.1, 0.15) is 18.4 Å². The number of thiophene rings is 1. The Morgan fingerprint density at radius 2 is 2.07 bits per heavy atom. The number of hydrogen-bond acceptors (Lipinski definition) is 2. The monoisotopic (exact) mass is 261 g/mol. The number of halogens is 2. The van der Waals surface area contributed by atoms with E-state index in [1.165, 1.54) is 24.2 Å². The zero-order valence-electron chi connectivity index (χ0n) is 8.30. The fraction of sp³-hybridized carbons (Fsp3) is 0.455. The Labute approximate surface area is 104 Å². The summed E-state index contributed by atoms with van der Waals surface area (Å²) < 4.78 is 1.54. The second-order valence-corrected chi connectivity index (χ2v) is 6.01. The van der Waals surface area contributed by atoms with E-state index in [2.05, 4.69) is 17.5 Å². The Morgan fingerprint density at radius 1 is 1.33 bits per heavy atom. The minimum Gasteiger partial charge on any atom is -0.317 e. The third kappa shape index (κ3) is 3.22. The molecule has 0 aliphatic carbocycles.